The van der Waals surface area contributed by atoms with Crippen LogP contribution in [0.25, 0.3) is 5.57 Å². The smallest absolute Gasteiger partial charge is 0.137 e. The number of para-hydroxylation sites is 1. The Morgan fingerprint density at radius 3 is 2.65 bits per heavy atom. The number of nitrogens with zero attached hydrogens (tertiary/aromatic N) is 2. The summed E-state index contributed by atoms with van der Waals surface area (Å²) in [5.74, 6) is 2.34. The molecule has 5 aliphatic carbocycles. The number of rotatable bonds is 5. The number of hydrogen-bond donors (Lipinski definition) is 0. The summed E-state index contributed by atoms with van der Waals surface area (Å²) in [5.41, 5.74) is 14.8. The predicted molar refractivity (Wildman–Crippen MR) is 197 cm³/mol. The Morgan fingerprint density at radius 2 is 1.79 bits per heavy atom. The monoisotopic (exact) mass is 626 g/mol. The largest absolute Gasteiger partial charge is 0.482 e. The zero-order chi connectivity index (χ0) is 32.0. The van der Waals surface area contributed by atoms with Crippen molar-refractivity contribution in [3.63, 3.8) is 0 Å². The first-order valence-electron chi connectivity index (χ1n) is 18.0. The molecule has 10 rings (SSSR count). The summed E-state index contributed by atoms with van der Waals surface area (Å²) in [4.78, 5) is 5.20. The fourth-order valence-corrected chi connectivity index (χ4v) is 9.40. The Bertz CT molecular complexity index is 2050. The standard InChI is InChI=1S/C45H42N2O/c1-29-13-19-35(20-14-29)47-40-10-5-3-8-37(40)39-28-32(18-24-41(39)47)30-15-21-34(22-16-30)46(36-23-17-31-26-33(31)27-36)42-11-7-25-45(2)44(42)38-9-4-6-12-43(38)48-45/h3-4,6-9,11-16,19-23,25,27-28,31,37,40,44H,5,10,17-18,24,26H2,1-2H3. The van der Waals surface area contributed by atoms with Gasteiger partial charge in [0.15, 0.2) is 0 Å². The van der Waals surface area contributed by atoms with Crippen LogP contribution in [0, 0.1) is 18.8 Å². The summed E-state index contributed by atoms with van der Waals surface area (Å²) in [6.07, 6.45) is 26.0. The number of hydrogen-bond acceptors (Lipinski definition) is 3. The minimum Gasteiger partial charge on any atom is -0.482 e. The average Bonchev–Trinajstić information content (AvgIpc) is 3.72. The maximum Gasteiger partial charge on any atom is 0.137 e. The Hall–Kier alpha value is -4.76. The normalized spacial score (nSPS) is 29.0. The lowest BCUT2D eigenvalue weighted by molar-refractivity contribution is 0.151. The summed E-state index contributed by atoms with van der Waals surface area (Å²) in [6, 6.07) is 27.7. The van der Waals surface area contributed by atoms with E-state index < -0.39 is 5.60 Å². The number of allylic oxidation sites excluding steroid dienone is 9. The summed E-state index contributed by atoms with van der Waals surface area (Å²) in [7, 11) is 0. The van der Waals surface area contributed by atoms with E-state index in [9.17, 15) is 0 Å². The predicted octanol–water partition coefficient (Wildman–Crippen LogP) is 10.7. The molecule has 0 aromatic heterocycles. The van der Waals surface area contributed by atoms with E-state index in [-0.39, 0.29) is 5.92 Å². The van der Waals surface area contributed by atoms with Gasteiger partial charge in [-0.1, -0.05) is 84.0 Å². The van der Waals surface area contributed by atoms with Gasteiger partial charge in [-0.15, -0.1) is 0 Å². The second-order valence-electron chi connectivity index (χ2n) is 15.0. The van der Waals surface area contributed by atoms with E-state index in [1.165, 1.54) is 69.1 Å². The van der Waals surface area contributed by atoms with Crippen molar-refractivity contribution in [2.24, 2.45) is 11.8 Å². The van der Waals surface area contributed by atoms with Gasteiger partial charge in [0.1, 0.15) is 11.4 Å². The molecule has 3 aromatic rings. The van der Waals surface area contributed by atoms with Crippen LogP contribution in [0.4, 0.5) is 11.4 Å². The second kappa shape index (κ2) is 10.6. The Labute approximate surface area is 284 Å². The molecule has 7 aliphatic rings. The molecule has 0 bridgehead atoms. The van der Waals surface area contributed by atoms with Gasteiger partial charge >= 0.3 is 0 Å². The summed E-state index contributed by atoms with van der Waals surface area (Å²) >= 11 is 0. The molecule has 1 fully saturated rings. The van der Waals surface area contributed by atoms with E-state index in [1.807, 2.05) is 0 Å². The van der Waals surface area contributed by atoms with Gasteiger partial charge < -0.3 is 14.5 Å². The molecule has 0 radical (unpaired) electrons. The molecule has 3 heteroatoms. The van der Waals surface area contributed by atoms with Crippen LogP contribution in [-0.2, 0) is 0 Å². The molecule has 1 saturated carbocycles. The van der Waals surface area contributed by atoms with Crippen molar-refractivity contribution in [2.45, 2.75) is 69.9 Å². The van der Waals surface area contributed by atoms with Crippen LogP contribution in [0.15, 0.2) is 150 Å². The van der Waals surface area contributed by atoms with Crippen LogP contribution in [0.5, 0.6) is 5.75 Å². The molecule has 0 saturated heterocycles. The van der Waals surface area contributed by atoms with Gasteiger partial charge in [-0.05, 0) is 124 Å². The van der Waals surface area contributed by atoms with E-state index in [1.54, 1.807) is 5.57 Å². The topological polar surface area (TPSA) is 15.7 Å². The molecule has 5 unspecified atom stereocenters. The van der Waals surface area contributed by atoms with Crippen molar-refractivity contribution in [3.8, 4) is 5.75 Å². The molecule has 0 amide bonds. The third-order valence-electron chi connectivity index (χ3n) is 11.9. The van der Waals surface area contributed by atoms with Crippen molar-refractivity contribution < 1.29 is 4.74 Å². The van der Waals surface area contributed by atoms with Crippen LogP contribution >= 0.6 is 0 Å². The molecule has 3 aromatic carbocycles. The molecule has 238 valence electrons. The van der Waals surface area contributed by atoms with Crippen LogP contribution in [0.3, 0.4) is 0 Å². The van der Waals surface area contributed by atoms with Gasteiger partial charge in [0.25, 0.3) is 0 Å². The summed E-state index contributed by atoms with van der Waals surface area (Å²) in [6.45, 7) is 4.42. The number of fused-ring (bicyclic) bond motifs is 6. The van der Waals surface area contributed by atoms with Gasteiger partial charge in [0.05, 0.1) is 5.92 Å². The number of ether oxygens (including phenoxy) is 1. The quantitative estimate of drug-likeness (QED) is 0.262. The van der Waals surface area contributed by atoms with Gasteiger partial charge in [0, 0.05) is 46.0 Å². The fourth-order valence-electron chi connectivity index (χ4n) is 9.40. The van der Waals surface area contributed by atoms with Crippen molar-refractivity contribution >= 4 is 16.9 Å². The maximum atomic E-state index is 6.63. The third-order valence-corrected chi connectivity index (χ3v) is 11.9. The molecular formula is C45H42N2O. The number of anilines is 2. The fraction of sp³-hybridized carbons (Fsp3) is 0.289. The molecule has 48 heavy (non-hydrogen) atoms. The Morgan fingerprint density at radius 1 is 0.938 bits per heavy atom. The van der Waals surface area contributed by atoms with Crippen LogP contribution in [0.2, 0.25) is 0 Å². The molecule has 2 aliphatic heterocycles. The number of aryl methyl sites for hydroxylation is 1. The van der Waals surface area contributed by atoms with Gasteiger partial charge in [0.2, 0.25) is 0 Å². The molecule has 3 nitrogen and oxygen atoms in total. The van der Waals surface area contributed by atoms with Crippen molar-refractivity contribution in [3.05, 3.63) is 166 Å². The van der Waals surface area contributed by atoms with Crippen molar-refractivity contribution in [2.75, 3.05) is 9.80 Å². The van der Waals surface area contributed by atoms with Gasteiger partial charge in [-0.25, -0.2) is 0 Å². The van der Waals surface area contributed by atoms with Crippen LogP contribution in [-0.4, -0.2) is 11.6 Å². The highest BCUT2D eigenvalue weighted by molar-refractivity contribution is 5.76. The van der Waals surface area contributed by atoms with E-state index >= 15 is 0 Å². The molecule has 0 spiro atoms. The van der Waals surface area contributed by atoms with E-state index in [0.29, 0.717) is 12.0 Å². The molecule has 5 atom stereocenters. The van der Waals surface area contributed by atoms with E-state index in [4.69, 9.17) is 4.74 Å². The molecular weight excluding hydrogens is 585 g/mol. The highest BCUT2D eigenvalue weighted by Crippen LogP contribution is 2.54. The van der Waals surface area contributed by atoms with Crippen LogP contribution in [0.1, 0.15) is 68.1 Å². The third kappa shape index (κ3) is 4.40. The molecule has 0 N–H and O–H groups in total. The summed E-state index contributed by atoms with van der Waals surface area (Å²) < 4.78 is 6.63. The Kier molecular flexibility index (Phi) is 6.26. The lowest BCUT2D eigenvalue weighted by Crippen LogP contribution is -2.39. The zero-order valence-corrected chi connectivity index (χ0v) is 27.9. The lowest BCUT2D eigenvalue weighted by atomic mass is 9.79. The maximum absolute atomic E-state index is 6.63. The molecule has 2 heterocycles. The SMILES string of the molecule is Cc1ccc(N2C3=C(C=C(c4ccc(N(C5=CCC6CC6=C5)C5=CC=CC6(C)Oc7ccccc7C56)cc4)CC3)C3C=CCCC32)cc1. The highest BCUT2D eigenvalue weighted by Gasteiger charge is 2.48. The first-order chi connectivity index (χ1) is 23.5. The second-order valence-corrected chi connectivity index (χ2v) is 15.0. The lowest BCUT2D eigenvalue weighted by Gasteiger charge is -2.39. The van der Waals surface area contributed by atoms with Crippen LogP contribution < -0.4 is 14.5 Å². The average molecular weight is 627 g/mol. The Balaban J connectivity index is 1.02. The van der Waals surface area contributed by atoms with E-state index in [2.05, 4.69) is 145 Å². The highest BCUT2D eigenvalue weighted by atomic mass is 16.5. The van der Waals surface area contributed by atoms with Crippen molar-refractivity contribution in [1.82, 2.24) is 0 Å². The van der Waals surface area contributed by atoms with Gasteiger partial charge in [-0.3, -0.25) is 0 Å². The van der Waals surface area contributed by atoms with Crippen molar-refractivity contribution in [1.29, 1.82) is 0 Å². The van der Waals surface area contributed by atoms with Gasteiger partial charge in [-0.2, -0.15) is 0 Å². The minimum atomic E-state index is -0.409. The minimum absolute atomic E-state index is 0.122. The first kappa shape index (κ1) is 28.3. The number of benzene rings is 3. The first-order valence-corrected chi connectivity index (χ1v) is 18.0. The van der Waals surface area contributed by atoms with E-state index in [0.717, 1.165) is 37.4 Å². The zero-order valence-electron chi connectivity index (χ0n) is 27.9. The summed E-state index contributed by atoms with van der Waals surface area (Å²) in [5, 5.41) is 0.